The Bertz CT molecular complexity index is 154. The Balaban J connectivity index is 0. The molecule has 0 aromatic heterocycles. The Morgan fingerprint density at radius 1 is 1.56 bits per heavy atom. The topological polar surface area (TPSA) is 66.4 Å². The van der Waals surface area contributed by atoms with Crippen LogP contribution >= 0.6 is 0 Å². The quantitative estimate of drug-likeness (QED) is 0.406. The molecular formula is C3H9NNaO3S. The molecule has 0 aromatic rings. The van der Waals surface area contributed by atoms with Crippen LogP contribution in [0.3, 0.4) is 0 Å². The Hall–Kier alpha value is 0.870. The molecule has 0 saturated heterocycles. The summed E-state index contributed by atoms with van der Waals surface area (Å²) in [5.41, 5.74) is 0. The van der Waals surface area contributed by atoms with Crippen LogP contribution in [0.25, 0.3) is 0 Å². The molecule has 1 radical (unpaired) electrons. The van der Waals surface area contributed by atoms with E-state index in [2.05, 4.69) is 5.32 Å². The molecule has 0 aliphatic carbocycles. The zero-order chi connectivity index (χ0) is 6.78. The van der Waals surface area contributed by atoms with Gasteiger partial charge in [0.2, 0.25) is 0 Å². The second-order valence-electron chi connectivity index (χ2n) is 1.45. The minimum absolute atomic E-state index is 0. The third-order valence-electron chi connectivity index (χ3n) is 0.853. The van der Waals surface area contributed by atoms with E-state index in [1.54, 1.807) is 0 Å². The van der Waals surface area contributed by atoms with E-state index in [-0.39, 0.29) is 29.6 Å². The van der Waals surface area contributed by atoms with E-state index in [4.69, 9.17) is 4.55 Å². The van der Waals surface area contributed by atoms with Crippen LogP contribution in [0.15, 0.2) is 0 Å². The van der Waals surface area contributed by atoms with Crippen LogP contribution in [0.5, 0.6) is 0 Å². The van der Waals surface area contributed by atoms with Crippen molar-refractivity contribution in [2.45, 2.75) is 12.3 Å². The van der Waals surface area contributed by atoms with Crippen LogP contribution in [0.4, 0.5) is 0 Å². The maximum atomic E-state index is 10.1. The first kappa shape index (κ1) is 12.5. The van der Waals surface area contributed by atoms with Gasteiger partial charge in [-0.3, -0.25) is 4.55 Å². The first-order chi connectivity index (χ1) is 3.48. The number of hydrogen-bond donors (Lipinski definition) is 2. The van der Waals surface area contributed by atoms with Gasteiger partial charge in [0.25, 0.3) is 10.1 Å². The normalized spacial score (nSPS) is 14.1. The summed E-state index contributed by atoms with van der Waals surface area (Å²) in [4.78, 5) is 0. The van der Waals surface area contributed by atoms with E-state index >= 15 is 0 Å². The summed E-state index contributed by atoms with van der Waals surface area (Å²) in [6, 6.07) is 0. The van der Waals surface area contributed by atoms with E-state index in [0.29, 0.717) is 0 Å². The molecule has 51 valence electrons. The molecule has 0 bridgehead atoms. The van der Waals surface area contributed by atoms with Gasteiger partial charge in [-0.15, -0.1) is 0 Å². The average molecular weight is 162 g/mol. The zero-order valence-corrected chi connectivity index (χ0v) is 8.57. The predicted octanol–water partition coefficient (Wildman–Crippen LogP) is -0.941. The van der Waals surface area contributed by atoms with Crippen molar-refractivity contribution in [3.63, 3.8) is 0 Å². The fourth-order valence-electron chi connectivity index (χ4n) is 0.149. The Morgan fingerprint density at radius 3 is 1.89 bits per heavy atom. The van der Waals surface area contributed by atoms with E-state index in [9.17, 15) is 8.42 Å². The van der Waals surface area contributed by atoms with Gasteiger partial charge in [0.15, 0.2) is 0 Å². The maximum Gasteiger partial charge on any atom is 0.280 e. The molecule has 2 N–H and O–H groups in total. The second-order valence-corrected chi connectivity index (χ2v) is 3.18. The Labute approximate surface area is 77.1 Å². The maximum absolute atomic E-state index is 10.1. The molecule has 0 aromatic carbocycles. The van der Waals surface area contributed by atoms with Crippen LogP contribution in [-0.4, -0.2) is 54.9 Å². The number of rotatable bonds is 2. The SMILES string of the molecule is CNC(C)S(=O)(=O)O.[Na]. The fourth-order valence-corrected chi connectivity index (χ4v) is 0.447. The standard InChI is InChI=1S/C3H9NO3S.Na/c1-3(4-2)8(5,6)7;/h3-4H,1-2H3,(H,5,6,7);. The molecule has 0 rings (SSSR count). The van der Waals surface area contributed by atoms with Crippen molar-refractivity contribution in [3.05, 3.63) is 0 Å². The monoisotopic (exact) mass is 162 g/mol. The largest absolute Gasteiger partial charge is 0.302 e. The molecule has 6 heteroatoms. The first-order valence-corrected chi connectivity index (χ1v) is 3.62. The van der Waals surface area contributed by atoms with E-state index in [0.717, 1.165) is 0 Å². The van der Waals surface area contributed by atoms with Crippen molar-refractivity contribution < 1.29 is 13.0 Å². The fraction of sp³-hybridized carbons (Fsp3) is 1.00. The molecule has 0 fully saturated rings. The second kappa shape index (κ2) is 4.65. The molecular weight excluding hydrogens is 153 g/mol. The van der Waals surface area contributed by atoms with Gasteiger partial charge in [0.05, 0.1) is 0 Å². The van der Waals surface area contributed by atoms with Gasteiger partial charge in [0, 0.05) is 29.6 Å². The Kier molecular flexibility index (Phi) is 6.48. The van der Waals surface area contributed by atoms with Crippen LogP contribution in [0, 0.1) is 0 Å². The van der Waals surface area contributed by atoms with Crippen molar-refractivity contribution >= 4 is 39.7 Å². The first-order valence-electron chi connectivity index (χ1n) is 2.12. The molecule has 0 heterocycles. The minimum Gasteiger partial charge on any atom is -0.302 e. The molecule has 0 aliphatic rings. The van der Waals surface area contributed by atoms with Gasteiger partial charge < -0.3 is 5.32 Å². The van der Waals surface area contributed by atoms with E-state index in [1.807, 2.05) is 0 Å². The Morgan fingerprint density at radius 2 is 1.89 bits per heavy atom. The van der Waals surface area contributed by atoms with E-state index in [1.165, 1.54) is 14.0 Å². The third-order valence-corrected chi connectivity index (χ3v) is 1.98. The zero-order valence-electron chi connectivity index (χ0n) is 5.75. The van der Waals surface area contributed by atoms with Crippen LogP contribution < -0.4 is 5.32 Å². The summed E-state index contributed by atoms with van der Waals surface area (Å²) in [6.07, 6.45) is 0. The van der Waals surface area contributed by atoms with Crippen LogP contribution in [0.1, 0.15) is 6.92 Å². The molecule has 1 atom stereocenters. The predicted molar refractivity (Wildman–Crippen MR) is 35.8 cm³/mol. The van der Waals surface area contributed by atoms with E-state index < -0.39 is 15.5 Å². The number of hydrogen-bond acceptors (Lipinski definition) is 3. The summed E-state index contributed by atoms with van der Waals surface area (Å²) in [7, 11) is -2.41. The summed E-state index contributed by atoms with van der Waals surface area (Å²) in [5, 5.41) is 1.49. The number of nitrogens with one attached hydrogen (secondary N) is 1. The van der Waals surface area contributed by atoms with Gasteiger partial charge in [-0.1, -0.05) is 0 Å². The van der Waals surface area contributed by atoms with Gasteiger partial charge >= 0.3 is 0 Å². The molecule has 4 nitrogen and oxygen atoms in total. The van der Waals surface area contributed by atoms with Crippen LogP contribution in [-0.2, 0) is 10.1 Å². The average Bonchev–Trinajstić information content (AvgIpc) is 1.62. The molecule has 0 amide bonds. The summed E-state index contributed by atoms with van der Waals surface area (Å²) >= 11 is 0. The van der Waals surface area contributed by atoms with Crippen molar-refractivity contribution in [1.29, 1.82) is 0 Å². The molecule has 0 saturated carbocycles. The van der Waals surface area contributed by atoms with Gasteiger partial charge in [-0.2, -0.15) is 8.42 Å². The molecule has 0 spiro atoms. The van der Waals surface area contributed by atoms with Crippen molar-refractivity contribution in [1.82, 2.24) is 5.32 Å². The molecule has 0 aliphatic heterocycles. The summed E-state index contributed by atoms with van der Waals surface area (Å²) in [6.45, 7) is 1.36. The van der Waals surface area contributed by atoms with Crippen molar-refractivity contribution in [2.75, 3.05) is 7.05 Å². The minimum atomic E-state index is -3.86. The summed E-state index contributed by atoms with van der Waals surface area (Å²) < 4.78 is 28.3. The van der Waals surface area contributed by atoms with Crippen molar-refractivity contribution in [3.8, 4) is 0 Å². The van der Waals surface area contributed by atoms with Gasteiger partial charge in [-0.05, 0) is 14.0 Å². The van der Waals surface area contributed by atoms with Gasteiger partial charge in [0.1, 0.15) is 5.37 Å². The van der Waals surface area contributed by atoms with Crippen LogP contribution in [0.2, 0.25) is 0 Å². The smallest absolute Gasteiger partial charge is 0.280 e. The summed E-state index contributed by atoms with van der Waals surface area (Å²) in [5.74, 6) is 0. The van der Waals surface area contributed by atoms with Gasteiger partial charge in [-0.25, -0.2) is 0 Å². The molecule has 1 unspecified atom stereocenters. The third kappa shape index (κ3) is 5.32. The molecule has 9 heavy (non-hydrogen) atoms. The van der Waals surface area contributed by atoms with Crippen molar-refractivity contribution in [2.24, 2.45) is 0 Å².